The van der Waals surface area contributed by atoms with Crippen LogP contribution < -0.4 is 5.73 Å². The Kier molecular flexibility index (Phi) is 2.09. The molecule has 1 aromatic rings. The average Bonchev–Trinajstić information content (AvgIpc) is 2.36. The molecular formula is C7H12N2O. The van der Waals surface area contributed by atoms with E-state index in [0.717, 1.165) is 5.56 Å². The molecule has 0 spiro atoms. The summed E-state index contributed by atoms with van der Waals surface area (Å²) in [5, 5.41) is 9.05. The molecule has 3 nitrogen and oxygen atoms in total. The van der Waals surface area contributed by atoms with Crippen molar-refractivity contribution < 1.29 is 5.11 Å². The number of nitrogens with two attached hydrogens (primary N) is 1. The topological polar surface area (TPSA) is 62.0 Å². The average molecular weight is 140 g/mol. The van der Waals surface area contributed by atoms with E-state index in [1.54, 1.807) is 19.3 Å². The van der Waals surface area contributed by atoms with E-state index in [-0.39, 0.29) is 6.04 Å². The van der Waals surface area contributed by atoms with Gasteiger partial charge in [-0.3, -0.25) is 0 Å². The van der Waals surface area contributed by atoms with Gasteiger partial charge in [0, 0.05) is 12.4 Å². The van der Waals surface area contributed by atoms with E-state index in [1.807, 2.05) is 6.07 Å². The number of hydrogen-bond donors (Lipinski definition) is 3. The maximum Gasteiger partial charge on any atom is 0.0705 e. The Hall–Kier alpha value is -0.800. The summed E-state index contributed by atoms with van der Waals surface area (Å²) in [6.07, 6.45) is 3.09. The van der Waals surface area contributed by atoms with Crippen molar-refractivity contribution in [3.05, 3.63) is 24.0 Å². The van der Waals surface area contributed by atoms with Crippen molar-refractivity contribution in [3.63, 3.8) is 0 Å². The van der Waals surface area contributed by atoms with Gasteiger partial charge in [0.2, 0.25) is 0 Å². The summed E-state index contributed by atoms with van der Waals surface area (Å²) in [5.74, 6) is 0. The summed E-state index contributed by atoms with van der Waals surface area (Å²) in [7, 11) is 0. The van der Waals surface area contributed by atoms with Crippen LogP contribution in [0.1, 0.15) is 18.5 Å². The molecule has 56 valence electrons. The van der Waals surface area contributed by atoms with Crippen molar-refractivity contribution >= 4 is 0 Å². The van der Waals surface area contributed by atoms with Gasteiger partial charge < -0.3 is 15.8 Å². The van der Waals surface area contributed by atoms with E-state index in [9.17, 15) is 0 Å². The second-order valence-electron chi connectivity index (χ2n) is 2.41. The predicted octanol–water partition coefficient (Wildman–Crippen LogP) is 0.395. The number of aromatic nitrogens is 1. The number of hydrogen-bond acceptors (Lipinski definition) is 2. The molecule has 4 N–H and O–H groups in total. The molecule has 0 amide bonds. The van der Waals surface area contributed by atoms with Gasteiger partial charge in [-0.05, 0) is 18.6 Å². The van der Waals surface area contributed by atoms with Gasteiger partial charge in [0.05, 0.1) is 12.1 Å². The van der Waals surface area contributed by atoms with Crippen molar-refractivity contribution in [2.45, 2.75) is 19.1 Å². The quantitative estimate of drug-likeness (QED) is 0.556. The molecular weight excluding hydrogens is 128 g/mol. The van der Waals surface area contributed by atoms with Gasteiger partial charge in [0.25, 0.3) is 0 Å². The highest BCUT2D eigenvalue weighted by Crippen LogP contribution is 2.11. The Labute approximate surface area is 59.9 Å². The number of nitrogens with one attached hydrogen (secondary N) is 1. The molecule has 0 bridgehead atoms. The van der Waals surface area contributed by atoms with Gasteiger partial charge in [-0.1, -0.05) is 0 Å². The van der Waals surface area contributed by atoms with E-state index in [0.29, 0.717) is 0 Å². The smallest absolute Gasteiger partial charge is 0.0705 e. The van der Waals surface area contributed by atoms with Crippen molar-refractivity contribution in [1.82, 2.24) is 4.98 Å². The van der Waals surface area contributed by atoms with E-state index in [1.165, 1.54) is 0 Å². The lowest BCUT2D eigenvalue weighted by molar-refractivity contribution is 0.164. The molecule has 0 radical (unpaired) electrons. The predicted molar refractivity (Wildman–Crippen MR) is 39.4 cm³/mol. The Bertz CT molecular complexity index is 181. The highest BCUT2D eigenvalue weighted by Gasteiger charge is 2.10. The van der Waals surface area contributed by atoms with Gasteiger partial charge >= 0.3 is 0 Å². The number of aliphatic hydroxyl groups is 1. The minimum absolute atomic E-state index is 0.272. The Morgan fingerprint density at radius 2 is 2.40 bits per heavy atom. The van der Waals surface area contributed by atoms with Crippen LogP contribution in [-0.4, -0.2) is 16.2 Å². The molecule has 0 fully saturated rings. The normalized spacial score (nSPS) is 16.7. The van der Waals surface area contributed by atoms with Crippen LogP contribution in [0.3, 0.4) is 0 Å². The van der Waals surface area contributed by atoms with Crippen molar-refractivity contribution in [2.24, 2.45) is 5.73 Å². The standard InChI is InChI=1S/C7H12N2O/c1-5(10)7(8)6-2-3-9-4-6/h2-5,7,9-10H,8H2,1H3. The zero-order chi connectivity index (χ0) is 7.56. The fourth-order valence-electron chi connectivity index (χ4n) is 0.823. The zero-order valence-corrected chi connectivity index (χ0v) is 5.91. The van der Waals surface area contributed by atoms with Gasteiger partial charge in [0.15, 0.2) is 0 Å². The first-order valence-corrected chi connectivity index (χ1v) is 3.28. The minimum Gasteiger partial charge on any atom is -0.391 e. The largest absolute Gasteiger partial charge is 0.391 e. The van der Waals surface area contributed by atoms with Crippen molar-refractivity contribution in [1.29, 1.82) is 0 Å². The lowest BCUT2D eigenvalue weighted by Gasteiger charge is -2.11. The fourth-order valence-corrected chi connectivity index (χ4v) is 0.823. The van der Waals surface area contributed by atoms with Crippen LogP contribution in [0.4, 0.5) is 0 Å². The van der Waals surface area contributed by atoms with E-state index in [4.69, 9.17) is 10.8 Å². The lowest BCUT2D eigenvalue weighted by Crippen LogP contribution is -2.22. The molecule has 1 rings (SSSR count). The van der Waals surface area contributed by atoms with Crippen LogP contribution in [-0.2, 0) is 0 Å². The number of aliphatic hydroxyl groups excluding tert-OH is 1. The van der Waals surface area contributed by atoms with Crippen LogP contribution in [0.15, 0.2) is 18.5 Å². The molecule has 1 aromatic heterocycles. The minimum atomic E-state index is -0.490. The first-order chi connectivity index (χ1) is 4.72. The molecule has 3 heteroatoms. The van der Waals surface area contributed by atoms with Crippen LogP contribution >= 0.6 is 0 Å². The van der Waals surface area contributed by atoms with Crippen LogP contribution in [0.2, 0.25) is 0 Å². The SMILES string of the molecule is CC(O)C(N)c1cc[nH]c1. The van der Waals surface area contributed by atoms with Crippen molar-refractivity contribution in [3.8, 4) is 0 Å². The van der Waals surface area contributed by atoms with E-state index < -0.39 is 6.10 Å². The summed E-state index contributed by atoms with van der Waals surface area (Å²) in [6, 6.07) is 1.59. The summed E-state index contributed by atoms with van der Waals surface area (Å²) in [5.41, 5.74) is 6.55. The fraction of sp³-hybridized carbons (Fsp3) is 0.429. The van der Waals surface area contributed by atoms with Crippen LogP contribution in [0.5, 0.6) is 0 Å². The van der Waals surface area contributed by atoms with Gasteiger partial charge in [-0.15, -0.1) is 0 Å². The second-order valence-corrected chi connectivity index (χ2v) is 2.41. The maximum absolute atomic E-state index is 9.05. The Morgan fingerprint density at radius 1 is 1.70 bits per heavy atom. The van der Waals surface area contributed by atoms with Crippen LogP contribution in [0.25, 0.3) is 0 Å². The molecule has 2 atom stereocenters. The highest BCUT2D eigenvalue weighted by molar-refractivity contribution is 5.14. The molecule has 0 saturated carbocycles. The monoisotopic (exact) mass is 140 g/mol. The Balaban J connectivity index is 2.68. The third-order valence-electron chi connectivity index (χ3n) is 1.53. The molecule has 2 unspecified atom stereocenters. The number of rotatable bonds is 2. The summed E-state index contributed by atoms with van der Waals surface area (Å²) in [4.78, 5) is 2.87. The third-order valence-corrected chi connectivity index (χ3v) is 1.53. The van der Waals surface area contributed by atoms with Gasteiger partial charge in [0.1, 0.15) is 0 Å². The lowest BCUT2D eigenvalue weighted by atomic mass is 10.1. The summed E-state index contributed by atoms with van der Waals surface area (Å²) in [6.45, 7) is 1.68. The third kappa shape index (κ3) is 1.37. The molecule has 0 aliphatic heterocycles. The molecule has 0 aliphatic rings. The molecule has 1 heterocycles. The zero-order valence-electron chi connectivity index (χ0n) is 5.91. The molecule has 0 saturated heterocycles. The Morgan fingerprint density at radius 3 is 2.80 bits per heavy atom. The van der Waals surface area contributed by atoms with Crippen molar-refractivity contribution in [2.75, 3.05) is 0 Å². The number of H-pyrrole nitrogens is 1. The molecule has 0 aromatic carbocycles. The van der Waals surface area contributed by atoms with E-state index in [2.05, 4.69) is 4.98 Å². The van der Waals surface area contributed by atoms with E-state index >= 15 is 0 Å². The second kappa shape index (κ2) is 2.86. The van der Waals surface area contributed by atoms with Crippen LogP contribution in [0, 0.1) is 0 Å². The maximum atomic E-state index is 9.05. The van der Waals surface area contributed by atoms with Gasteiger partial charge in [-0.2, -0.15) is 0 Å². The molecule has 10 heavy (non-hydrogen) atoms. The van der Waals surface area contributed by atoms with Gasteiger partial charge in [-0.25, -0.2) is 0 Å². The number of aromatic amines is 1. The first-order valence-electron chi connectivity index (χ1n) is 3.28. The summed E-state index contributed by atoms with van der Waals surface area (Å²) < 4.78 is 0. The summed E-state index contributed by atoms with van der Waals surface area (Å²) >= 11 is 0. The highest BCUT2D eigenvalue weighted by atomic mass is 16.3. The molecule has 0 aliphatic carbocycles. The first kappa shape index (κ1) is 7.31.